The Labute approximate surface area is 221 Å². The van der Waals surface area contributed by atoms with E-state index in [-0.39, 0.29) is 5.56 Å². The molecule has 0 radical (unpaired) electrons. The van der Waals surface area contributed by atoms with Crippen molar-refractivity contribution in [1.82, 2.24) is 24.0 Å². The minimum absolute atomic E-state index is 0.140. The van der Waals surface area contributed by atoms with Crippen molar-refractivity contribution >= 4 is 56.2 Å². The lowest BCUT2D eigenvalue weighted by Gasteiger charge is -2.17. The molecule has 3 aromatic heterocycles. The summed E-state index contributed by atoms with van der Waals surface area (Å²) < 4.78 is 4.19. The molecule has 5 rings (SSSR count). The average molecular weight is 537 g/mol. The fourth-order valence-corrected chi connectivity index (χ4v) is 5.40. The molecular weight excluding hydrogens is 512 g/mol. The van der Waals surface area contributed by atoms with Crippen LogP contribution < -0.4 is 10.5 Å². The topological polar surface area (TPSA) is 96.5 Å². The van der Waals surface area contributed by atoms with Gasteiger partial charge in [0.25, 0.3) is 5.56 Å². The summed E-state index contributed by atoms with van der Waals surface area (Å²) in [7, 11) is 5.39. The highest BCUT2D eigenvalue weighted by molar-refractivity contribution is 7.22. The van der Waals surface area contributed by atoms with E-state index >= 15 is 0 Å². The third-order valence-corrected chi connectivity index (χ3v) is 7.57. The minimum atomic E-state index is -0.949. The Morgan fingerprint density at radius 2 is 1.84 bits per heavy atom. The van der Waals surface area contributed by atoms with Crippen LogP contribution in [-0.2, 0) is 6.54 Å². The zero-order valence-electron chi connectivity index (χ0n) is 20.6. The van der Waals surface area contributed by atoms with Crippen LogP contribution in [0, 0.1) is 0 Å². The molecule has 0 fully saturated rings. The van der Waals surface area contributed by atoms with Crippen molar-refractivity contribution in [3.8, 4) is 16.1 Å². The molecule has 0 aliphatic rings. The lowest BCUT2D eigenvalue weighted by atomic mass is 10.2. The zero-order valence-corrected chi connectivity index (χ0v) is 22.1. The van der Waals surface area contributed by atoms with Crippen molar-refractivity contribution in [2.75, 3.05) is 32.6 Å². The molecule has 37 heavy (non-hydrogen) atoms. The van der Waals surface area contributed by atoms with Crippen LogP contribution in [0.2, 0.25) is 5.02 Å². The van der Waals surface area contributed by atoms with Crippen molar-refractivity contribution in [3.63, 3.8) is 0 Å². The number of carboxylic acid groups (broad SMARTS) is 1. The van der Waals surface area contributed by atoms with Gasteiger partial charge in [0.1, 0.15) is 11.0 Å². The van der Waals surface area contributed by atoms with E-state index in [1.807, 2.05) is 67.5 Å². The Balaban J connectivity index is 1.50. The van der Waals surface area contributed by atoms with E-state index in [9.17, 15) is 9.59 Å². The Kier molecular flexibility index (Phi) is 6.61. The SMILES string of the molecule is CN(CCCn1c(N(C)C)nc2cc(-n3cnc4cc(-c5ccc(Cl)cc5)sc4c3=O)ccc21)C(=O)O. The molecule has 2 aromatic carbocycles. The molecule has 0 saturated heterocycles. The fraction of sp³-hybridized carbons (Fsp3) is 0.231. The number of nitrogens with zero attached hydrogens (tertiary/aromatic N) is 6. The number of aryl methyl sites for hydroxylation is 1. The summed E-state index contributed by atoms with van der Waals surface area (Å²) in [5.74, 6) is 0.761. The first-order chi connectivity index (χ1) is 17.7. The number of fused-ring (bicyclic) bond motifs is 2. The van der Waals surface area contributed by atoms with Gasteiger partial charge in [0, 0.05) is 44.1 Å². The summed E-state index contributed by atoms with van der Waals surface area (Å²) in [6.45, 7) is 1.02. The highest BCUT2D eigenvalue weighted by Gasteiger charge is 2.16. The molecule has 0 unspecified atom stereocenters. The molecule has 1 N–H and O–H groups in total. The molecule has 3 heterocycles. The van der Waals surface area contributed by atoms with Gasteiger partial charge < -0.3 is 19.5 Å². The first kappa shape index (κ1) is 24.8. The normalized spacial score (nSPS) is 11.4. The standard InChI is InChI=1S/C26H25ClN6O3S/c1-30(2)25-29-19-13-18(9-10-21(19)32(25)12-4-11-31(3)26(35)36)33-15-28-20-14-22(37-23(20)24(33)34)16-5-7-17(27)8-6-16/h5-10,13-15H,4,11-12H2,1-3H3,(H,35,36). The number of benzene rings is 2. The van der Waals surface area contributed by atoms with E-state index in [1.165, 1.54) is 16.2 Å². The first-order valence-corrected chi connectivity index (χ1v) is 12.8. The van der Waals surface area contributed by atoms with Crippen molar-refractivity contribution in [3.05, 3.63) is 70.2 Å². The van der Waals surface area contributed by atoms with E-state index in [0.29, 0.717) is 40.4 Å². The van der Waals surface area contributed by atoms with Gasteiger partial charge in [-0.25, -0.2) is 14.8 Å². The summed E-state index contributed by atoms with van der Waals surface area (Å²) in [4.78, 5) is 38.0. The second-order valence-corrected chi connectivity index (χ2v) is 10.4. The van der Waals surface area contributed by atoms with Gasteiger partial charge in [-0.1, -0.05) is 23.7 Å². The molecule has 1 amide bonds. The van der Waals surface area contributed by atoms with Crippen LogP contribution in [0.3, 0.4) is 0 Å². The van der Waals surface area contributed by atoms with Gasteiger partial charge in [-0.3, -0.25) is 9.36 Å². The van der Waals surface area contributed by atoms with Gasteiger partial charge in [0.15, 0.2) is 0 Å². The molecule has 0 aliphatic carbocycles. The van der Waals surface area contributed by atoms with Crippen LogP contribution in [-0.4, -0.2) is 62.9 Å². The number of carbonyl (C=O) groups is 1. The first-order valence-electron chi connectivity index (χ1n) is 11.6. The molecule has 190 valence electrons. The maximum Gasteiger partial charge on any atom is 0.407 e. The Hall–Kier alpha value is -3.89. The molecule has 11 heteroatoms. The van der Waals surface area contributed by atoms with Gasteiger partial charge in [-0.15, -0.1) is 11.3 Å². The van der Waals surface area contributed by atoms with Crippen LogP contribution >= 0.6 is 22.9 Å². The van der Waals surface area contributed by atoms with Gasteiger partial charge in [-0.2, -0.15) is 0 Å². The van der Waals surface area contributed by atoms with Crippen LogP contribution in [0.5, 0.6) is 0 Å². The molecular formula is C26H25ClN6O3S. The molecule has 0 saturated carbocycles. The summed E-state index contributed by atoms with van der Waals surface area (Å²) in [5, 5.41) is 9.77. The number of anilines is 1. The number of hydrogen-bond acceptors (Lipinski definition) is 6. The second-order valence-electron chi connectivity index (χ2n) is 8.94. The lowest BCUT2D eigenvalue weighted by Crippen LogP contribution is -2.26. The molecule has 5 aromatic rings. The third kappa shape index (κ3) is 4.77. The number of thiophene rings is 1. The second kappa shape index (κ2) is 9.87. The molecule has 0 atom stereocenters. The van der Waals surface area contributed by atoms with Crippen LogP contribution in [0.25, 0.3) is 37.4 Å². The molecule has 0 aliphatic heterocycles. The maximum absolute atomic E-state index is 13.4. The average Bonchev–Trinajstić information content (AvgIpc) is 3.47. The van der Waals surface area contributed by atoms with Crippen LogP contribution in [0.1, 0.15) is 6.42 Å². The molecule has 9 nitrogen and oxygen atoms in total. The van der Waals surface area contributed by atoms with E-state index < -0.39 is 6.09 Å². The number of hydrogen-bond donors (Lipinski definition) is 1. The van der Waals surface area contributed by atoms with Gasteiger partial charge in [-0.05, 0) is 48.4 Å². The van der Waals surface area contributed by atoms with Crippen molar-refractivity contribution in [2.45, 2.75) is 13.0 Å². The molecule has 0 bridgehead atoms. The van der Waals surface area contributed by atoms with Crippen LogP contribution in [0.4, 0.5) is 10.7 Å². The van der Waals surface area contributed by atoms with Gasteiger partial charge in [0.2, 0.25) is 5.95 Å². The Morgan fingerprint density at radius 1 is 1.08 bits per heavy atom. The number of amides is 1. The van der Waals surface area contributed by atoms with Crippen molar-refractivity contribution in [2.24, 2.45) is 0 Å². The maximum atomic E-state index is 13.4. The summed E-state index contributed by atoms with van der Waals surface area (Å²) in [6.07, 6.45) is 1.25. The largest absolute Gasteiger partial charge is 0.465 e. The van der Waals surface area contributed by atoms with E-state index in [1.54, 1.807) is 17.9 Å². The number of aromatic nitrogens is 4. The minimum Gasteiger partial charge on any atom is -0.465 e. The number of halogens is 1. The van der Waals surface area contributed by atoms with Crippen LogP contribution in [0.15, 0.2) is 59.7 Å². The van der Waals surface area contributed by atoms with Gasteiger partial charge >= 0.3 is 6.09 Å². The fourth-order valence-electron chi connectivity index (χ4n) is 4.23. The monoisotopic (exact) mass is 536 g/mol. The smallest absolute Gasteiger partial charge is 0.407 e. The van der Waals surface area contributed by atoms with Gasteiger partial charge in [0.05, 0.1) is 22.2 Å². The quantitative estimate of drug-likeness (QED) is 0.308. The zero-order chi connectivity index (χ0) is 26.3. The predicted molar refractivity (Wildman–Crippen MR) is 149 cm³/mol. The summed E-state index contributed by atoms with van der Waals surface area (Å²) >= 11 is 7.42. The predicted octanol–water partition coefficient (Wildman–Crippen LogP) is 5.18. The van der Waals surface area contributed by atoms with E-state index in [0.717, 1.165) is 27.4 Å². The van der Waals surface area contributed by atoms with E-state index in [2.05, 4.69) is 9.55 Å². The van der Waals surface area contributed by atoms with Crippen molar-refractivity contribution < 1.29 is 9.90 Å². The number of imidazole rings is 1. The lowest BCUT2D eigenvalue weighted by molar-refractivity contribution is 0.155. The Morgan fingerprint density at radius 3 is 2.54 bits per heavy atom. The highest BCUT2D eigenvalue weighted by atomic mass is 35.5. The number of rotatable bonds is 7. The third-order valence-electron chi connectivity index (χ3n) is 6.16. The van der Waals surface area contributed by atoms with E-state index in [4.69, 9.17) is 21.7 Å². The Bertz CT molecular complexity index is 1670. The summed E-state index contributed by atoms with van der Waals surface area (Å²) in [5.41, 5.74) is 3.83. The summed E-state index contributed by atoms with van der Waals surface area (Å²) in [6, 6.07) is 15.1. The highest BCUT2D eigenvalue weighted by Crippen LogP contribution is 2.32. The molecule has 0 spiro atoms. The van der Waals surface area contributed by atoms with Crippen molar-refractivity contribution in [1.29, 1.82) is 0 Å².